The van der Waals surface area contributed by atoms with E-state index < -0.39 is 29.4 Å². The van der Waals surface area contributed by atoms with Crippen molar-refractivity contribution in [1.29, 1.82) is 0 Å². The SMILES string of the molecule is CCN(CC(F)(F)F)S(=O)(=O)c1c(C)csc1CO. The van der Waals surface area contributed by atoms with E-state index in [4.69, 9.17) is 5.11 Å². The van der Waals surface area contributed by atoms with Gasteiger partial charge in [-0.25, -0.2) is 8.42 Å². The molecule has 19 heavy (non-hydrogen) atoms. The van der Waals surface area contributed by atoms with Crippen LogP contribution in [0.4, 0.5) is 13.2 Å². The van der Waals surface area contributed by atoms with Crippen LogP contribution in [0.1, 0.15) is 17.4 Å². The van der Waals surface area contributed by atoms with Gasteiger partial charge in [0, 0.05) is 6.54 Å². The molecule has 9 heteroatoms. The molecule has 1 rings (SSSR count). The fourth-order valence-corrected chi connectivity index (χ4v) is 4.69. The van der Waals surface area contributed by atoms with Gasteiger partial charge in [-0.1, -0.05) is 6.92 Å². The molecule has 0 aromatic carbocycles. The molecule has 0 saturated carbocycles. The van der Waals surface area contributed by atoms with Crippen molar-refractivity contribution in [2.75, 3.05) is 13.1 Å². The van der Waals surface area contributed by atoms with Gasteiger partial charge in [-0.15, -0.1) is 11.3 Å². The predicted molar refractivity (Wildman–Crippen MR) is 65.5 cm³/mol. The van der Waals surface area contributed by atoms with Crippen LogP contribution >= 0.6 is 11.3 Å². The Hall–Kier alpha value is -0.640. The monoisotopic (exact) mass is 317 g/mol. The molecule has 0 fully saturated rings. The molecule has 0 aliphatic heterocycles. The average Bonchev–Trinajstić information content (AvgIpc) is 2.66. The fraction of sp³-hybridized carbons (Fsp3) is 0.600. The number of aliphatic hydroxyl groups excluding tert-OH is 1. The lowest BCUT2D eigenvalue weighted by Crippen LogP contribution is -2.39. The van der Waals surface area contributed by atoms with Gasteiger partial charge in [-0.05, 0) is 17.9 Å². The van der Waals surface area contributed by atoms with Crippen LogP contribution < -0.4 is 0 Å². The van der Waals surface area contributed by atoms with Crippen LogP contribution in [-0.2, 0) is 16.6 Å². The molecule has 0 atom stereocenters. The molecular formula is C10H14F3NO3S2. The number of aliphatic hydroxyl groups is 1. The number of rotatable bonds is 5. The van der Waals surface area contributed by atoms with Crippen molar-refractivity contribution in [2.24, 2.45) is 0 Å². The Kier molecular flexibility index (Phi) is 4.99. The van der Waals surface area contributed by atoms with Crippen molar-refractivity contribution in [3.05, 3.63) is 15.8 Å². The molecule has 110 valence electrons. The summed E-state index contributed by atoms with van der Waals surface area (Å²) in [5.41, 5.74) is 0.342. The summed E-state index contributed by atoms with van der Waals surface area (Å²) < 4.78 is 62.0. The lowest BCUT2D eigenvalue weighted by atomic mass is 10.3. The number of aryl methyl sites for hydroxylation is 1. The molecule has 1 aromatic heterocycles. The summed E-state index contributed by atoms with van der Waals surface area (Å²) in [6, 6.07) is 0. The molecule has 0 aliphatic rings. The number of hydrogen-bond acceptors (Lipinski definition) is 4. The summed E-state index contributed by atoms with van der Waals surface area (Å²) in [7, 11) is -4.25. The zero-order chi connectivity index (χ0) is 14.8. The number of alkyl halides is 3. The third-order valence-corrected chi connectivity index (χ3v) is 5.81. The average molecular weight is 317 g/mol. The van der Waals surface area contributed by atoms with E-state index in [0.29, 0.717) is 9.87 Å². The smallest absolute Gasteiger partial charge is 0.391 e. The molecule has 0 radical (unpaired) electrons. The Balaban J connectivity index is 3.25. The number of halogens is 3. The predicted octanol–water partition coefficient (Wildman–Crippen LogP) is 2.12. The molecular weight excluding hydrogens is 303 g/mol. The zero-order valence-corrected chi connectivity index (χ0v) is 12.0. The summed E-state index contributed by atoms with van der Waals surface area (Å²) in [6.07, 6.45) is -4.60. The summed E-state index contributed by atoms with van der Waals surface area (Å²) in [5.74, 6) is 0. The highest BCUT2D eigenvalue weighted by atomic mass is 32.2. The highest BCUT2D eigenvalue weighted by molar-refractivity contribution is 7.89. The topological polar surface area (TPSA) is 57.6 Å². The first kappa shape index (κ1) is 16.4. The highest BCUT2D eigenvalue weighted by Gasteiger charge is 2.37. The van der Waals surface area contributed by atoms with Gasteiger partial charge in [0.15, 0.2) is 0 Å². The molecule has 1 N–H and O–H groups in total. The number of thiophene rings is 1. The van der Waals surface area contributed by atoms with Gasteiger partial charge in [0.1, 0.15) is 11.4 Å². The van der Waals surface area contributed by atoms with Gasteiger partial charge in [-0.2, -0.15) is 17.5 Å². The zero-order valence-electron chi connectivity index (χ0n) is 10.4. The maximum atomic E-state index is 12.4. The Labute approximate surface area is 113 Å². The van der Waals surface area contributed by atoms with Crippen LogP contribution in [0.25, 0.3) is 0 Å². The van der Waals surface area contributed by atoms with Gasteiger partial charge < -0.3 is 5.11 Å². The van der Waals surface area contributed by atoms with E-state index in [1.165, 1.54) is 19.2 Å². The molecule has 1 heterocycles. The second kappa shape index (κ2) is 5.78. The molecule has 0 saturated heterocycles. The number of hydrogen-bond donors (Lipinski definition) is 1. The van der Waals surface area contributed by atoms with E-state index in [1.54, 1.807) is 0 Å². The van der Waals surface area contributed by atoms with Gasteiger partial charge in [0.2, 0.25) is 10.0 Å². The maximum Gasteiger partial charge on any atom is 0.402 e. The first-order valence-corrected chi connectivity index (χ1v) is 7.70. The highest BCUT2D eigenvalue weighted by Crippen LogP contribution is 2.31. The molecule has 0 unspecified atom stereocenters. The summed E-state index contributed by atoms with van der Waals surface area (Å²) in [5, 5.41) is 10.6. The third-order valence-electron chi connectivity index (χ3n) is 2.44. The minimum Gasteiger partial charge on any atom is -0.391 e. The quantitative estimate of drug-likeness (QED) is 0.905. The number of nitrogens with zero attached hydrogens (tertiary/aromatic N) is 1. The minimum atomic E-state index is -4.60. The van der Waals surface area contributed by atoms with Crippen LogP contribution in [0.5, 0.6) is 0 Å². The van der Waals surface area contributed by atoms with Crippen LogP contribution in [0.2, 0.25) is 0 Å². The lowest BCUT2D eigenvalue weighted by molar-refractivity contribution is -0.135. The summed E-state index contributed by atoms with van der Waals surface area (Å²) in [4.78, 5) is -0.0655. The lowest BCUT2D eigenvalue weighted by Gasteiger charge is -2.22. The first-order chi connectivity index (χ1) is 8.63. The van der Waals surface area contributed by atoms with Gasteiger partial charge in [-0.3, -0.25) is 0 Å². The summed E-state index contributed by atoms with van der Waals surface area (Å²) in [6.45, 7) is 0.484. The van der Waals surface area contributed by atoms with Crippen molar-refractivity contribution >= 4 is 21.4 Å². The largest absolute Gasteiger partial charge is 0.402 e. The summed E-state index contributed by atoms with van der Waals surface area (Å²) >= 11 is 1.01. The van der Waals surface area contributed by atoms with Crippen molar-refractivity contribution in [3.8, 4) is 0 Å². The fourth-order valence-electron chi connectivity index (χ4n) is 1.64. The standard InChI is InChI=1S/C10H14F3NO3S2/c1-3-14(6-10(11,12)13)19(16,17)9-7(2)5-18-8(9)4-15/h5,15H,3-4,6H2,1-2H3. The normalized spacial score (nSPS) is 13.2. The van der Waals surface area contributed by atoms with E-state index in [0.717, 1.165) is 11.3 Å². The Morgan fingerprint density at radius 2 is 2.00 bits per heavy atom. The second-order valence-electron chi connectivity index (χ2n) is 3.88. The molecule has 1 aromatic rings. The van der Waals surface area contributed by atoms with Crippen LogP contribution in [0.3, 0.4) is 0 Å². The van der Waals surface area contributed by atoms with E-state index in [9.17, 15) is 21.6 Å². The van der Waals surface area contributed by atoms with Crippen molar-refractivity contribution in [1.82, 2.24) is 4.31 Å². The van der Waals surface area contributed by atoms with Crippen LogP contribution in [-0.4, -0.2) is 37.1 Å². The minimum absolute atomic E-state index is 0.151. The van der Waals surface area contributed by atoms with Gasteiger partial charge >= 0.3 is 6.18 Å². The third kappa shape index (κ3) is 3.68. The Morgan fingerprint density at radius 1 is 1.42 bits per heavy atom. The van der Waals surface area contributed by atoms with Gasteiger partial charge in [0.05, 0.1) is 11.5 Å². The Morgan fingerprint density at radius 3 is 2.42 bits per heavy atom. The van der Waals surface area contributed by atoms with Gasteiger partial charge in [0.25, 0.3) is 0 Å². The Bertz CT molecular complexity index is 537. The van der Waals surface area contributed by atoms with E-state index in [-0.39, 0.29) is 16.3 Å². The van der Waals surface area contributed by atoms with Crippen molar-refractivity contribution in [3.63, 3.8) is 0 Å². The molecule has 0 bridgehead atoms. The van der Waals surface area contributed by atoms with E-state index in [2.05, 4.69) is 0 Å². The second-order valence-corrected chi connectivity index (χ2v) is 6.71. The van der Waals surface area contributed by atoms with Crippen LogP contribution in [0.15, 0.2) is 10.3 Å². The molecule has 4 nitrogen and oxygen atoms in total. The molecule has 0 aliphatic carbocycles. The molecule has 0 spiro atoms. The van der Waals surface area contributed by atoms with Crippen molar-refractivity contribution in [2.45, 2.75) is 31.5 Å². The first-order valence-electron chi connectivity index (χ1n) is 5.38. The maximum absolute atomic E-state index is 12.4. The number of sulfonamides is 1. The van der Waals surface area contributed by atoms with E-state index >= 15 is 0 Å². The van der Waals surface area contributed by atoms with Crippen LogP contribution in [0, 0.1) is 6.92 Å². The van der Waals surface area contributed by atoms with Crippen molar-refractivity contribution < 1.29 is 26.7 Å². The molecule has 0 amide bonds. The van der Waals surface area contributed by atoms with E-state index in [1.807, 2.05) is 0 Å².